The zero-order valence-electron chi connectivity index (χ0n) is 18.9. The van der Waals surface area contributed by atoms with Gasteiger partial charge >= 0.3 is 0 Å². The van der Waals surface area contributed by atoms with E-state index in [9.17, 15) is 24.8 Å². The highest BCUT2D eigenvalue weighted by Crippen LogP contribution is 2.26. The van der Waals surface area contributed by atoms with Gasteiger partial charge in [0.25, 0.3) is 5.69 Å². The molecule has 0 aliphatic rings. The van der Waals surface area contributed by atoms with Gasteiger partial charge in [-0.3, -0.25) is 19.7 Å². The van der Waals surface area contributed by atoms with Crippen LogP contribution in [0.3, 0.4) is 0 Å². The first kappa shape index (κ1) is 24.9. The number of nitrogens with zero attached hydrogens (tertiary/aromatic N) is 1. The Labute approximate surface area is 201 Å². The number of phenols is 1. The Balaban J connectivity index is 1.64. The van der Waals surface area contributed by atoms with E-state index in [4.69, 9.17) is 9.47 Å². The number of rotatable bonds is 11. The van der Waals surface area contributed by atoms with Crippen molar-refractivity contribution in [2.75, 3.05) is 7.11 Å². The molecule has 3 aromatic carbocycles. The first-order valence-corrected chi connectivity index (χ1v) is 10.6. The largest absolute Gasteiger partial charge is 0.508 e. The van der Waals surface area contributed by atoms with Gasteiger partial charge in [-0.15, -0.1) is 0 Å². The van der Waals surface area contributed by atoms with E-state index in [0.717, 1.165) is 17.4 Å². The number of carbonyl (C=O) groups excluding carboxylic acids is 2. The molecule has 3 rings (SSSR count). The molecule has 0 aliphatic heterocycles. The van der Waals surface area contributed by atoms with E-state index in [1.807, 2.05) is 12.1 Å². The zero-order valence-corrected chi connectivity index (χ0v) is 18.9. The number of aromatic hydroxyl groups is 1. The fourth-order valence-electron chi connectivity index (χ4n) is 3.06. The molecular formula is C27H23NO7. The Bertz CT molecular complexity index is 1260. The minimum absolute atomic E-state index is 0.109. The molecule has 0 saturated heterocycles. The fourth-order valence-corrected chi connectivity index (χ4v) is 3.06. The number of benzene rings is 3. The van der Waals surface area contributed by atoms with Gasteiger partial charge in [0.15, 0.2) is 11.6 Å². The summed E-state index contributed by atoms with van der Waals surface area (Å²) >= 11 is 0. The van der Waals surface area contributed by atoms with Gasteiger partial charge in [-0.25, -0.2) is 0 Å². The summed E-state index contributed by atoms with van der Waals surface area (Å²) < 4.78 is 10.9. The third kappa shape index (κ3) is 7.68. The molecule has 0 atom stereocenters. The van der Waals surface area contributed by atoms with Crippen LogP contribution in [-0.4, -0.2) is 28.7 Å². The number of methoxy groups -OCH3 is 1. The summed E-state index contributed by atoms with van der Waals surface area (Å²) in [6, 6.07) is 17.8. The number of carbonyl (C=O) groups is 2. The molecule has 0 heterocycles. The van der Waals surface area contributed by atoms with Gasteiger partial charge < -0.3 is 14.6 Å². The van der Waals surface area contributed by atoms with Crippen molar-refractivity contribution >= 4 is 29.4 Å². The predicted molar refractivity (Wildman–Crippen MR) is 131 cm³/mol. The van der Waals surface area contributed by atoms with Crippen molar-refractivity contribution in [3.63, 3.8) is 0 Å². The fraction of sp³-hybridized carbons (Fsp3) is 0.111. The first-order chi connectivity index (χ1) is 16.8. The SMILES string of the molecule is COc1ccc(COc2ccc([N+](=O)[O-])c(C=CC(=O)CC(=O)C=Cc3ccc(O)cc3)c2)cc1. The van der Waals surface area contributed by atoms with Gasteiger partial charge in [0, 0.05) is 6.07 Å². The van der Waals surface area contributed by atoms with Gasteiger partial charge in [-0.05, 0) is 65.8 Å². The van der Waals surface area contributed by atoms with Crippen LogP contribution in [0.25, 0.3) is 12.2 Å². The molecule has 3 aromatic rings. The van der Waals surface area contributed by atoms with Crippen LogP contribution in [0.4, 0.5) is 5.69 Å². The van der Waals surface area contributed by atoms with E-state index >= 15 is 0 Å². The normalized spacial score (nSPS) is 11.0. The van der Waals surface area contributed by atoms with Crippen LogP contribution in [0.15, 0.2) is 78.9 Å². The number of ketones is 2. The van der Waals surface area contributed by atoms with Gasteiger partial charge in [-0.2, -0.15) is 0 Å². The summed E-state index contributed by atoms with van der Waals surface area (Å²) in [4.78, 5) is 35.1. The van der Waals surface area contributed by atoms with E-state index in [0.29, 0.717) is 11.3 Å². The highest BCUT2D eigenvalue weighted by atomic mass is 16.6. The predicted octanol–water partition coefficient (Wildman–Crippen LogP) is 5.14. The Kier molecular flexibility index (Phi) is 8.50. The van der Waals surface area contributed by atoms with Crippen LogP contribution in [0.2, 0.25) is 0 Å². The maximum absolute atomic E-state index is 12.2. The number of hydrogen-bond donors (Lipinski definition) is 1. The zero-order chi connectivity index (χ0) is 25.2. The van der Waals surface area contributed by atoms with Crippen molar-refractivity contribution in [2.45, 2.75) is 13.0 Å². The number of nitro groups is 1. The summed E-state index contributed by atoms with van der Waals surface area (Å²) in [6.07, 6.45) is 4.87. The maximum Gasteiger partial charge on any atom is 0.276 e. The van der Waals surface area contributed by atoms with Crippen LogP contribution in [0.1, 0.15) is 23.1 Å². The third-order valence-corrected chi connectivity index (χ3v) is 4.91. The van der Waals surface area contributed by atoms with Crippen molar-refractivity contribution < 1.29 is 29.1 Å². The minimum Gasteiger partial charge on any atom is -0.508 e. The van der Waals surface area contributed by atoms with Crippen molar-refractivity contribution in [1.29, 1.82) is 0 Å². The molecule has 0 amide bonds. The number of phenolic OH excluding ortho intramolecular Hbond substituents is 1. The van der Waals surface area contributed by atoms with Crippen LogP contribution >= 0.6 is 0 Å². The average Bonchev–Trinajstić information content (AvgIpc) is 2.86. The van der Waals surface area contributed by atoms with Gasteiger partial charge in [0.05, 0.1) is 24.0 Å². The summed E-state index contributed by atoms with van der Waals surface area (Å²) in [6.45, 7) is 0.242. The molecule has 0 spiro atoms. The topological polar surface area (TPSA) is 116 Å². The van der Waals surface area contributed by atoms with Crippen molar-refractivity contribution in [3.05, 3.63) is 106 Å². The summed E-state index contributed by atoms with van der Waals surface area (Å²) in [7, 11) is 1.58. The molecule has 1 N–H and O–H groups in total. The molecule has 0 unspecified atom stereocenters. The maximum atomic E-state index is 12.2. The van der Waals surface area contributed by atoms with Crippen molar-refractivity contribution in [2.24, 2.45) is 0 Å². The molecule has 35 heavy (non-hydrogen) atoms. The second-order valence-corrected chi connectivity index (χ2v) is 7.48. The van der Waals surface area contributed by atoms with Crippen LogP contribution in [0.5, 0.6) is 17.2 Å². The van der Waals surface area contributed by atoms with E-state index in [2.05, 4.69) is 0 Å². The average molecular weight is 473 g/mol. The number of nitro benzene ring substituents is 1. The van der Waals surface area contributed by atoms with E-state index in [1.165, 1.54) is 48.6 Å². The highest BCUT2D eigenvalue weighted by molar-refractivity contribution is 6.11. The number of allylic oxidation sites excluding steroid dienone is 2. The van der Waals surface area contributed by atoms with Gasteiger partial charge in [-0.1, -0.05) is 30.3 Å². The minimum atomic E-state index is -0.553. The summed E-state index contributed by atoms with van der Waals surface area (Å²) in [5.74, 6) is 0.308. The van der Waals surface area contributed by atoms with Crippen LogP contribution in [-0.2, 0) is 16.2 Å². The lowest BCUT2D eigenvalue weighted by Gasteiger charge is -2.08. The second-order valence-electron chi connectivity index (χ2n) is 7.48. The molecule has 8 nitrogen and oxygen atoms in total. The van der Waals surface area contributed by atoms with E-state index in [1.54, 1.807) is 31.4 Å². The molecule has 0 saturated carbocycles. The Morgan fingerprint density at radius 2 is 1.54 bits per heavy atom. The summed E-state index contributed by atoms with van der Waals surface area (Å²) in [5.41, 5.74) is 1.57. The first-order valence-electron chi connectivity index (χ1n) is 10.6. The van der Waals surface area contributed by atoms with Crippen molar-refractivity contribution in [3.8, 4) is 17.2 Å². The second kappa shape index (κ2) is 11.9. The molecule has 8 heteroatoms. The highest BCUT2D eigenvalue weighted by Gasteiger charge is 2.13. The van der Waals surface area contributed by atoms with Gasteiger partial charge in [0.1, 0.15) is 23.9 Å². The monoisotopic (exact) mass is 473 g/mol. The Morgan fingerprint density at radius 1 is 0.914 bits per heavy atom. The van der Waals surface area contributed by atoms with E-state index < -0.39 is 16.5 Å². The Hall–Kier alpha value is -4.72. The quantitative estimate of drug-likeness (QED) is 0.177. The van der Waals surface area contributed by atoms with Crippen LogP contribution in [0, 0.1) is 10.1 Å². The molecule has 0 aromatic heterocycles. The van der Waals surface area contributed by atoms with Crippen LogP contribution < -0.4 is 9.47 Å². The van der Waals surface area contributed by atoms with Crippen molar-refractivity contribution in [1.82, 2.24) is 0 Å². The molecule has 0 radical (unpaired) electrons. The number of ether oxygens (including phenoxy) is 2. The standard InChI is InChI=1S/C27H23NO7/c1-34-25-12-5-20(6-13-25)18-35-26-14-15-27(28(32)33)21(16-26)7-11-24(31)17-23(30)10-4-19-2-8-22(29)9-3-19/h2-16,29H,17-18H2,1H3. The smallest absolute Gasteiger partial charge is 0.276 e. The lowest BCUT2D eigenvalue weighted by molar-refractivity contribution is -0.385. The molecule has 0 bridgehead atoms. The lowest BCUT2D eigenvalue weighted by atomic mass is 10.1. The lowest BCUT2D eigenvalue weighted by Crippen LogP contribution is -2.02. The number of hydrogen-bond acceptors (Lipinski definition) is 7. The van der Waals surface area contributed by atoms with E-state index in [-0.39, 0.29) is 30.0 Å². The summed E-state index contributed by atoms with van der Waals surface area (Å²) in [5, 5.41) is 20.7. The molecule has 178 valence electrons. The molecule has 0 fully saturated rings. The third-order valence-electron chi connectivity index (χ3n) is 4.91. The molecule has 0 aliphatic carbocycles. The Morgan fingerprint density at radius 3 is 2.17 bits per heavy atom. The van der Waals surface area contributed by atoms with Gasteiger partial charge in [0.2, 0.25) is 0 Å². The molecular weight excluding hydrogens is 450 g/mol.